The Labute approximate surface area is 103 Å². The van der Waals surface area contributed by atoms with Crippen molar-refractivity contribution in [2.24, 2.45) is 0 Å². The largest absolute Gasteiger partial charge is 0.420 e. The van der Waals surface area contributed by atoms with Crippen LogP contribution in [0.2, 0.25) is 19.1 Å². The van der Waals surface area contributed by atoms with Gasteiger partial charge in [0, 0.05) is 12.7 Å². The van der Waals surface area contributed by atoms with Crippen LogP contribution < -0.4 is 0 Å². The Morgan fingerprint density at radius 2 is 1.22 bits per heavy atom. The zero-order valence-electron chi connectivity index (χ0n) is 10.2. The second-order valence-electron chi connectivity index (χ2n) is 4.51. The Kier molecular flexibility index (Phi) is 4.49. The van der Waals surface area contributed by atoms with Crippen LogP contribution in [-0.2, 0) is 10.8 Å². The van der Waals surface area contributed by atoms with Gasteiger partial charge in [0.25, 0.3) is 0 Å². The maximum absolute atomic E-state index is 13.3. The predicted octanol–water partition coefficient (Wildman–Crippen LogP) is 3.78. The lowest BCUT2D eigenvalue weighted by molar-refractivity contribution is 0.369. The Balaban J connectivity index is 3.11. The van der Waals surface area contributed by atoms with Gasteiger partial charge in [-0.25, -0.2) is 22.0 Å². The van der Waals surface area contributed by atoms with E-state index < -0.39 is 43.0 Å². The summed E-state index contributed by atoms with van der Waals surface area (Å²) in [4.78, 5) is 0. The van der Waals surface area contributed by atoms with Crippen molar-refractivity contribution < 1.29 is 26.4 Å². The lowest BCUT2D eigenvalue weighted by Crippen LogP contribution is -2.29. The van der Waals surface area contributed by atoms with Crippen molar-refractivity contribution in [3.05, 3.63) is 34.6 Å². The standard InChI is InChI=1S/C11H13F5OSi/c1-17-18(2,3)5-4-6-7(12)9(14)11(16)10(15)8(6)13/h4-5H2,1-3H3. The summed E-state index contributed by atoms with van der Waals surface area (Å²) in [6, 6.07) is 0.266. The molecular formula is C11H13F5OSi. The van der Waals surface area contributed by atoms with Crippen LogP contribution in [0.1, 0.15) is 5.56 Å². The number of benzene rings is 1. The van der Waals surface area contributed by atoms with Crippen molar-refractivity contribution in [3.8, 4) is 0 Å². The van der Waals surface area contributed by atoms with Gasteiger partial charge in [-0.1, -0.05) is 0 Å². The molecule has 0 N–H and O–H groups in total. The van der Waals surface area contributed by atoms with Gasteiger partial charge in [0.15, 0.2) is 31.6 Å². The molecule has 0 saturated heterocycles. The third kappa shape index (κ3) is 2.89. The molecule has 0 aromatic heterocycles. The first-order valence-corrected chi connectivity index (χ1v) is 8.38. The van der Waals surface area contributed by atoms with Crippen molar-refractivity contribution in [3.63, 3.8) is 0 Å². The van der Waals surface area contributed by atoms with Crippen molar-refractivity contribution in [2.75, 3.05) is 7.11 Å². The molecule has 0 radical (unpaired) electrons. The van der Waals surface area contributed by atoms with Gasteiger partial charge < -0.3 is 4.43 Å². The highest BCUT2D eigenvalue weighted by Crippen LogP contribution is 2.25. The van der Waals surface area contributed by atoms with E-state index in [0.717, 1.165) is 0 Å². The first kappa shape index (κ1) is 15.1. The van der Waals surface area contributed by atoms with Crippen LogP contribution in [-0.4, -0.2) is 15.4 Å². The van der Waals surface area contributed by atoms with Gasteiger partial charge in [-0.2, -0.15) is 0 Å². The van der Waals surface area contributed by atoms with Crippen LogP contribution in [0.15, 0.2) is 0 Å². The summed E-state index contributed by atoms with van der Waals surface area (Å²) in [6.07, 6.45) is -0.237. The minimum Gasteiger partial charge on any atom is -0.420 e. The molecule has 18 heavy (non-hydrogen) atoms. The first-order chi connectivity index (χ1) is 8.21. The SMILES string of the molecule is CO[Si](C)(C)CCc1c(F)c(F)c(F)c(F)c1F. The topological polar surface area (TPSA) is 9.23 Å². The summed E-state index contributed by atoms with van der Waals surface area (Å²) in [7, 11) is -0.663. The zero-order valence-corrected chi connectivity index (χ0v) is 11.2. The maximum Gasteiger partial charge on any atom is 0.200 e. The van der Waals surface area contributed by atoms with E-state index in [1.54, 1.807) is 13.1 Å². The molecule has 0 fully saturated rings. The fourth-order valence-electron chi connectivity index (χ4n) is 1.40. The van der Waals surface area contributed by atoms with E-state index in [0.29, 0.717) is 0 Å². The molecule has 0 heterocycles. The van der Waals surface area contributed by atoms with Crippen LogP contribution in [0.4, 0.5) is 22.0 Å². The molecule has 1 aromatic rings. The molecular weight excluding hydrogens is 271 g/mol. The van der Waals surface area contributed by atoms with Crippen LogP contribution in [0, 0.1) is 29.1 Å². The second-order valence-corrected chi connectivity index (χ2v) is 8.94. The lowest BCUT2D eigenvalue weighted by Gasteiger charge is -2.20. The molecule has 0 bridgehead atoms. The molecule has 1 aromatic carbocycles. The molecule has 0 saturated carbocycles. The van der Waals surface area contributed by atoms with Gasteiger partial charge >= 0.3 is 0 Å². The van der Waals surface area contributed by atoms with Gasteiger partial charge in [0.1, 0.15) is 0 Å². The van der Waals surface area contributed by atoms with Gasteiger partial charge in [-0.05, 0) is 25.6 Å². The minimum atomic E-state index is -2.13. The van der Waals surface area contributed by atoms with E-state index in [1.165, 1.54) is 7.11 Å². The van der Waals surface area contributed by atoms with E-state index in [4.69, 9.17) is 4.43 Å². The van der Waals surface area contributed by atoms with E-state index in [-0.39, 0.29) is 12.5 Å². The molecule has 1 nitrogen and oxygen atoms in total. The highest BCUT2D eigenvalue weighted by Gasteiger charge is 2.28. The van der Waals surface area contributed by atoms with Crippen molar-refractivity contribution in [1.82, 2.24) is 0 Å². The average molecular weight is 284 g/mol. The highest BCUT2D eigenvalue weighted by atomic mass is 28.4. The van der Waals surface area contributed by atoms with E-state index in [9.17, 15) is 22.0 Å². The van der Waals surface area contributed by atoms with Crippen molar-refractivity contribution in [1.29, 1.82) is 0 Å². The lowest BCUT2D eigenvalue weighted by atomic mass is 10.1. The monoisotopic (exact) mass is 284 g/mol. The normalized spacial score (nSPS) is 12.0. The van der Waals surface area contributed by atoms with Crippen LogP contribution in [0.25, 0.3) is 0 Å². The summed E-state index contributed by atoms with van der Waals surface area (Å²) in [5.74, 6) is -9.45. The highest BCUT2D eigenvalue weighted by molar-refractivity contribution is 6.71. The van der Waals surface area contributed by atoms with Crippen molar-refractivity contribution >= 4 is 8.32 Å². The molecule has 1 rings (SSSR count). The molecule has 0 spiro atoms. The first-order valence-electron chi connectivity index (χ1n) is 5.26. The van der Waals surface area contributed by atoms with Crippen LogP contribution in [0.3, 0.4) is 0 Å². The van der Waals surface area contributed by atoms with Crippen molar-refractivity contribution in [2.45, 2.75) is 25.6 Å². The summed E-state index contributed by atoms with van der Waals surface area (Å²) < 4.78 is 70.5. The molecule has 0 unspecified atom stereocenters. The van der Waals surface area contributed by atoms with Gasteiger partial charge in [-0.3, -0.25) is 0 Å². The summed E-state index contributed by atoms with van der Waals surface area (Å²) in [5, 5.41) is 0. The third-order valence-corrected chi connectivity index (χ3v) is 5.39. The van der Waals surface area contributed by atoms with Crippen LogP contribution >= 0.6 is 0 Å². The minimum absolute atomic E-state index is 0.237. The molecule has 0 amide bonds. The molecule has 102 valence electrons. The van der Waals surface area contributed by atoms with Gasteiger partial charge in [0.05, 0.1) is 0 Å². The number of rotatable bonds is 4. The Bertz CT molecular complexity index is 432. The fourth-order valence-corrected chi connectivity index (χ4v) is 2.45. The van der Waals surface area contributed by atoms with E-state index in [2.05, 4.69) is 0 Å². The second kappa shape index (κ2) is 5.36. The fraction of sp³-hybridized carbons (Fsp3) is 0.455. The number of hydrogen-bond donors (Lipinski definition) is 0. The van der Waals surface area contributed by atoms with E-state index >= 15 is 0 Å². The molecule has 0 aliphatic carbocycles. The molecule has 0 atom stereocenters. The summed E-state index contributed by atoms with van der Waals surface area (Å²) in [5.41, 5.74) is -0.774. The Morgan fingerprint density at radius 3 is 1.61 bits per heavy atom. The van der Waals surface area contributed by atoms with E-state index in [1.807, 2.05) is 0 Å². The molecule has 7 heteroatoms. The summed E-state index contributed by atoms with van der Waals surface area (Å²) >= 11 is 0. The predicted molar refractivity (Wildman–Crippen MR) is 59.2 cm³/mol. The maximum atomic E-state index is 13.3. The quantitative estimate of drug-likeness (QED) is 0.354. The average Bonchev–Trinajstić information content (AvgIpc) is 2.34. The number of halogens is 5. The van der Waals surface area contributed by atoms with Crippen LogP contribution in [0.5, 0.6) is 0 Å². The van der Waals surface area contributed by atoms with Gasteiger partial charge in [0.2, 0.25) is 5.82 Å². The number of hydrogen-bond acceptors (Lipinski definition) is 1. The zero-order chi connectivity index (χ0) is 14.1. The smallest absolute Gasteiger partial charge is 0.200 e. The Hall–Kier alpha value is -0.953. The summed E-state index contributed by atoms with van der Waals surface area (Å²) in [6.45, 7) is 3.58. The Morgan fingerprint density at radius 1 is 0.833 bits per heavy atom. The molecule has 0 aliphatic heterocycles. The molecule has 0 aliphatic rings. The van der Waals surface area contributed by atoms with Gasteiger partial charge in [-0.15, -0.1) is 0 Å². The third-order valence-electron chi connectivity index (χ3n) is 2.83.